The maximum absolute atomic E-state index is 12.2. The first kappa shape index (κ1) is 17.5. The van der Waals surface area contributed by atoms with E-state index >= 15 is 0 Å². The Bertz CT molecular complexity index is 248. The lowest BCUT2D eigenvalue weighted by atomic mass is 9.83. The summed E-state index contributed by atoms with van der Waals surface area (Å²) in [5.74, 6) is 0.0596. The maximum atomic E-state index is 12.2. The van der Waals surface area contributed by atoms with Gasteiger partial charge in [-0.3, -0.25) is 4.79 Å². The molecular weight excluding hydrogens is 224 g/mol. The number of hydrogen-bond donors (Lipinski definition) is 0. The molecule has 0 aromatic rings. The Kier molecular flexibility index (Phi) is 6.94. The number of esters is 1. The zero-order valence-corrected chi connectivity index (χ0v) is 13.4. The Labute approximate surface area is 113 Å². The van der Waals surface area contributed by atoms with Crippen molar-refractivity contribution in [2.24, 2.45) is 11.3 Å². The molecule has 0 saturated heterocycles. The van der Waals surface area contributed by atoms with E-state index in [-0.39, 0.29) is 22.9 Å². The molecule has 0 heterocycles. The zero-order valence-electron chi connectivity index (χ0n) is 13.4. The smallest absolute Gasteiger partial charge is 0.309 e. The predicted octanol–water partition coefficient (Wildman–Crippen LogP) is 4.96. The molecule has 0 aromatic carbocycles. The monoisotopic (exact) mass is 256 g/mol. The summed E-state index contributed by atoms with van der Waals surface area (Å²) in [6.45, 7) is 14.8. The zero-order chi connectivity index (χ0) is 14.4. The van der Waals surface area contributed by atoms with Crippen LogP contribution in [0.25, 0.3) is 0 Å². The third-order valence-electron chi connectivity index (χ3n) is 3.07. The van der Waals surface area contributed by atoms with Gasteiger partial charge < -0.3 is 4.74 Å². The van der Waals surface area contributed by atoms with E-state index in [1.807, 2.05) is 13.8 Å². The highest BCUT2D eigenvalue weighted by Gasteiger charge is 2.31. The van der Waals surface area contributed by atoms with Crippen molar-refractivity contribution in [1.82, 2.24) is 0 Å². The largest absolute Gasteiger partial charge is 0.459 e. The van der Waals surface area contributed by atoms with Crippen LogP contribution in [0.4, 0.5) is 0 Å². The van der Waals surface area contributed by atoms with Crippen LogP contribution >= 0.6 is 0 Å². The van der Waals surface area contributed by atoms with Gasteiger partial charge in [-0.15, -0.1) is 0 Å². The van der Waals surface area contributed by atoms with Gasteiger partial charge in [-0.05, 0) is 38.5 Å². The van der Waals surface area contributed by atoms with Gasteiger partial charge in [-0.2, -0.15) is 0 Å². The molecule has 0 rings (SSSR count). The molecule has 0 aliphatic carbocycles. The van der Waals surface area contributed by atoms with Crippen molar-refractivity contribution in [3.8, 4) is 0 Å². The van der Waals surface area contributed by atoms with E-state index in [0.717, 1.165) is 32.1 Å². The highest BCUT2D eigenvalue weighted by atomic mass is 16.6. The minimum absolute atomic E-state index is 0.0137. The lowest BCUT2D eigenvalue weighted by Gasteiger charge is -2.33. The van der Waals surface area contributed by atoms with E-state index in [9.17, 15) is 4.79 Å². The van der Waals surface area contributed by atoms with Gasteiger partial charge in [0.25, 0.3) is 0 Å². The summed E-state index contributed by atoms with van der Waals surface area (Å²) in [5.41, 5.74) is -0.191. The first-order valence-electron chi connectivity index (χ1n) is 7.34. The standard InChI is InChI=1S/C16H32O2/c1-8-10-11-13(9-2)14(17)18-16(6,7)12-15(3,4)5/h13H,8-12H2,1-7H3. The molecular formula is C16H32O2. The number of ether oxygens (including phenoxy) is 1. The van der Waals surface area contributed by atoms with Crippen LogP contribution in [-0.2, 0) is 9.53 Å². The van der Waals surface area contributed by atoms with Gasteiger partial charge in [0.2, 0.25) is 0 Å². The topological polar surface area (TPSA) is 26.3 Å². The normalized spacial score (nSPS) is 14.4. The number of carbonyl (C=O) groups is 1. The summed E-state index contributed by atoms with van der Waals surface area (Å²) < 4.78 is 5.73. The average molecular weight is 256 g/mol. The van der Waals surface area contributed by atoms with Crippen LogP contribution in [-0.4, -0.2) is 11.6 Å². The third kappa shape index (κ3) is 7.73. The number of unbranched alkanes of at least 4 members (excludes halogenated alkanes) is 1. The molecule has 1 unspecified atom stereocenters. The Hall–Kier alpha value is -0.530. The summed E-state index contributed by atoms with van der Waals surface area (Å²) in [6, 6.07) is 0. The van der Waals surface area contributed by atoms with E-state index < -0.39 is 0 Å². The van der Waals surface area contributed by atoms with Crippen molar-refractivity contribution < 1.29 is 9.53 Å². The Morgan fingerprint density at radius 3 is 2.06 bits per heavy atom. The Morgan fingerprint density at radius 1 is 1.11 bits per heavy atom. The van der Waals surface area contributed by atoms with Crippen LogP contribution in [0.3, 0.4) is 0 Å². The molecule has 0 fully saturated rings. The fraction of sp³-hybridized carbons (Fsp3) is 0.938. The molecule has 0 spiro atoms. The maximum Gasteiger partial charge on any atom is 0.309 e. The van der Waals surface area contributed by atoms with Crippen molar-refractivity contribution in [2.75, 3.05) is 0 Å². The number of hydrogen-bond acceptors (Lipinski definition) is 2. The molecule has 0 aromatic heterocycles. The SMILES string of the molecule is CCCCC(CC)C(=O)OC(C)(C)CC(C)(C)C. The van der Waals surface area contributed by atoms with Gasteiger partial charge in [0.15, 0.2) is 0 Å². The molecule has 0 aliphatic rings. The van der Waals surface area contributed by atoms with Crippen molar-refractivity contribution >= 4 is 5.97 Å². The van der Waals surface area contributed by atoms with Crippen LogP contribution in [0.15, 0.2) is 0 Å². The first-order chi connectivity index (χ1) is 8.11. The molecule has 0 radical (unpaired) electrons. The molecule has 108 valence electrons. The lowest BCUT2D eigenvalue weighted by Crippen LogP contribution is -2.35. The molecule has 18 heavy (non-hydrogen) atoms. The van der Waals surface area contributed by atoms with Crippen LogP contribution in [0.2, 0.25) is 0 Å². The third-order valence-corrected chi connectivity index (χ3v) is 3.07. The quantitative estimate of drug-likeness (QED) is 0.602. The van der Waals surface area contributed by atoms with Gasteiger partial charge in [-0.25, -0.2) is 0 Å². The predicted molar refractivity (Wildman–Crippen MR) is 77.5 cm³/mol. The van der Waals surface area contributed by atoms with Crippen LogP contribution in [0, 0.1) is 11.3 Å². The summed E-state index contributed by atoms with van der Waals surface area (Å²) >= 11 is 0. The van der Waals surface area contributed by atoms with Crippen molar-refractivity contribution in [1.29, 1.82) is 0 Å². The second kappa shape index (κ2) is 7.16. The van der Waals surface area contributed by atoms with Gasteiger partial charge in [0.1, 0.15) is 5.60 Å². The fourth-order valence-electron chi connectivity index (χ4n) is 2.61. The molecule has 0 N–H and O–H groups in total. The molecule has 2 heteroatoms. The van der Waals surface area contributed by atoms with E-state index in [4.69, 9.17) is 4.74 Å². The van der Waals surface area contributed by atoms with Crippen LogP contribution in [0.5, 0.6) is 0 Å². The lowest BCUT2D eigenvalue weighted by molar-refractivity contribution is -0.164. The minimum Gasteiger partial charge on any atom is -0.459 e. The number of carbonyl (C=O) groups excluding carboxylic acids is 1. The average Bonchev–Trinajstić information content (AvgIpc) is 2.13. The van der Waals surface area contributed by atoms with E-state index in [1.165, 1.54) is 0 Å². The first-order valence-corrected chi connectivity index (χ1v) is 7.34. The van der Waals surface area contributed by atoms with Gasteiger partial charge in [0, 0.05) is 0 Å². The Balaban J connectivity index is 4.42. The van der Waals surface area contributed by atoms with Gasteiger partial charge in [0.05, 0.1) is 5.92 Å². The van der Waals surface area contributed by atoms with E-state index in [1.54, 1.807) is 0 Å². The number of rotatable bonds is 7. The van der Waals surface area contributed by atoms with Crippen molar-refractivity contribution in [3.05, 3.63) is 0 Å². The van der Waals surface area contributed by atoms with Crippen LogP contribution in [0.1, 0.15) is 80.6 Å². The van der Waals surface area contributed by atoms with Crippen LogP contribution < -0.4 is 0 Å². The highest BCUT2D eigenvalue weighted by molar-refractivity contribution is 5.72. The molecule has 0 saturated carbocycles. The summed E-state index contributed by atoms with van der Waals surface area (Å²) in [6.07, 6.45) is 4.96. The van der Waals surface area contributed by atoms with Crippen molar-refractivity contribution in [3.63, 3.8) is 0 Å². The highest BCUT2D eigenvalue weighted by Crippen LogP contribution is 2.30. The molecule has 0 amide bonds. The summed E-state index contributed by atoms with van der Waals surface area (Å²) in [4.78, 5) is 12.2. The van der Waals surface area contributed by atoms with E-state index in [0.29, 0.717) is 0 Å². The van der Waals surface area contributed by atoms with Gasteiger partial charge >= 0.3 is 5.97 Å². The molecule has 0 bridgehead atoms. The van der Waals surface area contributed by atoms with Gasteiger partial charge in [-0.1, -0.05) is 47.5 Å². The summed E-state index contributed by atoms with van der Waals surface area (Å²) in [5, 5.41) is 0. The Morgan fingerprint density at radius 2 is 1.67 bits per heavy atom. The second-order valence-electron chi connectivity index (χ2n) is 7.17. The van der Waals surface area contributed by atoms with Crippen molar-refractivity contribution in [2.45, 2.75) is 86.2 Å². The minimum atomic E-state index is -0.366. The molecule has 2 nitrogen and oxygen atoms in total. The molecule has 0 aliphatic heterocycles. The second-order valence-corrected chi connectivity index (χ2v) is 7.17. The summed E-state index contributed by atoms with van der Waals surface area (Å²) in [7, 11) is 0. The molecule has 1 atom stereocenters. The van der Waals surface area contributed by atoms with E-state index in [2.05, 4.69) is 34.6 Å². The fourth-order valence-corrected chi connectivity index (χ4v) is 2.61.